The van der Waals surface area contributed by atoms with E-state index in [1.807, 2.05) is 13.8 Å². The van der Waals surface area contributed by atoms with Crippen LogP contribution in [-0.2, 0) is 12.8 Å². The highest BCUT2D eigenvalue weighted by Crippen LogP contribution is 2.23. The van der Waals surface area contributed by atoms with Gasteiger partial charge in [-0.3, -0.25) is 0 Å². The fourth-order valence-electron chi connectivity index (χ4n) is 2.35. The van der Waals surface area contributed by atoms with Gasteiger partial charge < -0.3 is 10.2 Å². The maximum Gasteiger partial charge on any atom is 0.336 e. The molecule has 0 saturated heterocycles. The SMILES string of the molecule is CCCCc1ccc(C(=O)O)c(CCCC)c1C(=O)O. The van der Waals surface area contributed by atoms with Crippen LogP contribution in [0.3, 0.4) is 0 Å². The van der Waals surface area contributed by atoms with Gasteiger partial charge in [-0.05, 0) is 42.9 Å². The molecule has 110 valence electrons. The van der Waals surface area contributed by atoms with Crippen molar-refractivity contribution in [3.8, 4) is 0 Å². The summed E-state index contributed by atoms with van der Waals surface area (Å²) in [5.41, 5.74) is 1.54. The quantitative estimate of drug-likeness (QED) is 0.759. The molecule has 0 aliphatic rings. The van der Waals surface area contributed by atoms with Crippen molar-refractivity contribution in [2.75, 3.05) is 0 Å². The Hall–Kier alpha value is -1.84. The minimum atomic E-state index is -1.05. The molecular formula is C16H22O4. The van der Waals surface area contributed by atoms with Gasteiger partial charge in [0.15, 0.2) is 0 Å². The maximum atomic E-state index is 11.6. The first-order valence-electron chi connectivity index (χ1n) is 7.14. The standard InChI is InChI=1S/C16H22O4/c1-3-5-7-11-9-10-13(15(17)18)12(8-6-4-2)14(11)16(19)20/h9-10H,3-8H2,1-2H3,(H,17,18)(H,19,20). The van der Waals surface area contributed by atoms with Crippen molar-refractivity contribution < 1.29 is 19.8 Å². The van der Waals surface area contributed by atoms with Crippen LogP contribution in [0.4, 0.5) is 0 Å². The van der Waals surface area contributed by atoms with E-state index < -0.39 is 11.9 Å². The van der Waals surface area contributed by atoms with Gasteiger partial charge in [0.1, 0.15) is 0 Å². The third-order valence-electron chi connectivity index (χ3n) is 3.42. The molecule has 1 rings (SSSR count). The monoisotopic (exact) mass is 278 g/mol. The van der Waals surface area contributed by atoms with E-state index in [-0.39, 0.29) is 11.1 Å². The second kappa shape index (κ2) is 7.68. The molecule has 0 aliphatic heterocycles. The first-order chi connectivity index (χ1) is 9.52. The first-order valence-corrected chi connectivity index (χ1v) is 7.14. The van der Waals surface area contributed by atoms with E-state index in [0.29, 0.717) is 18.4 Å². The van der Waals surface area contributed by atoms with Crippen LogP contribution in [0.25, 0.3) is 0 Å². The highest BCUT2D eigenvalue weighted by molar-refractivity contribution is 5.97. The van der Waals surface area contributed by atoms with E-state index in [9.17, 15) is 19.8 Å². The fraction of sp³-hybridized carbons (Fsp3) is 0.500. The van der Waals surface area contributed by atoms with Crippen LogP contribution < -0.4 is 0 Å². The molecule has 1 aromatic rings. The lowest BCUT2D eigenvalue weighted by molar-refractivity contribution is 0.0694. The van der Waals surface area contributed by atoms with Gasteiger partial charge in [-0.25, -0.2) is 9.59 Å². The Morgan fingerprint density at radius 2 is 1.55 bits per heavy atom. The Kier molecular flexibility index (Phi) is 6.22. The molecule has 1 aromatic carbocycles. The molecule has 0 saturated carbocycles. The summed E-state index contributed by atoms with van der Waals surface area (Å²) in [5, 5.41) is 18.7. The van der Waals surface area contributed by atoms with Crippen molar-refractivity contribution in [2.24, 2.45) is 0 Å². The largest absolute Gasteiger partial charge is 0.478 e. The van der Waals surface area contributed by atoms with E-state index in [4.69, 9.17) is 0 Å². The number of aryl methyl sites for hydroxylation is 1. The normalized spacial score (nSPS) is 10.5. The molecule has 0 amide bonds. The molecule has 0 spiro atoms. The number of hydrogen-bond acceptors (Lipinski definition) is 2. The van der Waals surface area contributed by atoms with Gasteiger partial charge in [-0.1, -0.05) is 32.8 Å². The average Bonchev–Trinajstić information content (AvgIpc) is 2.41. The highest BCUT2D eigenvalue weighted by Gasteiger charge is 2.21. The summed E-state index contributed by atoms with van der Waals surface area (Å²) in [6, 6.07) is 3.20. The summed E-state index contributed by atoms with van der Waals surface area (Å²) in [4.78, 5) is 22.8. The van der Waals surface area contributed by atoms with E-state index in [1.54, 1.807) is 12.1 Å². The number of unbranched alkanes of at least 4 members (excludes halogenated alkanes) is 2. The molecule has 0 radical (unpaired) electrons. The van der Waals surface area contributed by atoms with Gasteiger partial charge in [0, 0.05) is 0 Å². The molecule has 0 fully saturated rings. The number of carboxylic acid groups (broad SMARTS) is 2. The zero-order valence-electron chi connectivity index (χ0n) is 12.1. The van der Waals surface area contributed by atoms with Gasteiger partial charge in [0.2, 0.25) is 0 Å². The Bertz CT molecular complexity index is 491. The van der Waals surface area contributed by atoms with Crippen LogP contribution in [0.2, 0.25) is 0 Å². The first kappa shape index (κ1) is 16.2. The predicted molar refractivity (Wildman–Crippen MR) is 77.6 cm³/mol. The lowest BCUT2D eigenvalue weighted by atomic mass is 9.90. The predicted octanol–water partition coefficient (Wildman–Crippen LogP) is 3.77. The molecule has 4 nitrogen and oxygen atoms in total. The van der Waals surface area contributed by atoms with Crippen molar-refractivity contribution >= 4 is 11.9 Å². The number of benzene rings is 1. The van der Waals surface area contributed by atoms with Crippen molar-refractivity contribution in [3.05, 3.63) is 34.4 Å². The second-order valence-electron chi connectivity index (χ2n) is 4.94. The van der Waals surface area contributed by atoms with Crippen LogP contribution in [-0.4, -0.2) is 22.2 Å². The van der Waals surface area contributed by atoms with Crippen molar-refractivity contribution in [3.63, 3.8) is 0 Å². The molecule has 0 aliphatic carbocycles. The van der Waals surface area contributed by atoms with Gasteiger partial charge in [-0.2, -0.15) is 0 Å². The summed E-state index contributed by atoms with van der Waals surface area (Å²) < 4.78 is 0. The maximum absolute atomic E-state index is 11.6. The number of carboxylic acids is 2. The number of carbonyl (C=O) groups is 2. The molecule has 2 N–H and O–H groups in total. The number of aromatic carboxylic acids is 2. The molecular weight excluding hydrogens is 256 g/mol. The minimum Gasteiger partial charge on any atom is -0.478 e. The fourth-order valence-corrected chi connectivity index (χ4v) is 2.35. The zero-order chi connectivity index (χ0) is 15.1. The summed E-state index contributed by atoms with van der Waals surface area (Å²) in [6.07, 6.45) is 4.75. The summed E-state index contributed by atoms with van der Waals surface area (Å²) in [5.74, 6) is -2.08. The van der Waals surface area contributed by atoms with Crippen LogP contribution in [0.5, 0.6) is 0 Å². The van der Waals surface area contributed by atoms with Gasteiger partial charge in [0.25, 0.3) is 0 Å². The highest BCUT2D eigenvalue weighted by atomic mass is 16.4. The smallest absolute Gasteiger partial charge is 0.336 e. The molecule has 0 bridgehead atoms. The molecule has 0 atom stereocenters. The van der Waals surface area contributed by atoms with Gasteiger partial charge in [0.05, 0.1) is 11.1 Å². The zero-order valence-corrected chi connectivity index (χ0v) is 12.1. The lowest BCUT2D eigenvalue weighted by Crippen LogP contribution is -2.13. The molecule has 20 heavy (non-hydrogen) atoms. The van der Waals surface area contributed by atoms with E-state index >= 15 is 0 Å². The van der Waals surface area contributed by atoms with Gasteiger partial charge >= 0.3 is 11.9 Å². The van der Waals surface area contributed by atoms with Crippen molar-refractivity contribution in [2.45, 2.75) is 52.4 Å². The summed E-state index contributed by atoms with van der Waals surface area (Å²) >= 11 is 0. The van der Waals surface area contributed by atoms with E-state index in [1.165, 1.54) is 0 Å². The van der Waals surface area contributed by atoms with Crippen molar-refractivity contribution in [1.82, 2.24) is 0 Å². The molecule has 0 unspecified atom stereocenters. The summed E-state index contributed by atoms with van der Waals surface area (Å²) in [7, 11) is 0. The summed E-state index contributed by atoms with van der Waals surface area (Å²) in [6.45, 7) is 4.05. The molecule has 4 heteroatoms. The Morgan fingerprint density at radius 3 is 2.05 bits per heavy atom. The molecule has 0 aromatic heterocycles. The Balaban J connectivity index is 3.35. The Morgan fingerprint density at radius 1 is 0.950 bits per heavy atom. The van der Waals surface area contributed by atoms with Crippen LogP contribution in [0.15, 0.2) is 12.1 Å². The minimum absolute atomic E-state index is 0.121. The second-order valence-corrected chi connectivity index (χ2v) is 4.94. The number of hydrogen-bond donors (Lipinski definition) is 2. The lowest BCUT2D eigenvalue weighted by Gasteiger charge is -2.14. The van der Waals surface area contributed by atoms with Crippen molar-refractivity contribution in [1.29, 1.82) is 0 Å². The van der Waals surface area contributed by atoms with Gasteiger partial charge in [-0.15, -0.1) is 0 Å². The Labute approximate surface area is 119 Å². The molecule has 0 heterocycles. The number of rotatable bonds is 8. The van der Waals surface area contributed by atoms with E-state index in [0.717, 1.165) is 31.2 Å². The average molecular weight is 278 g/mol. The van der Waals surface area contributed by atoms with Crippen LogP contribution >= 0.6 is 0 Å². The van der Waals surface area contributed by atoms with Crippen LogP contribution in [0, 0.1) is 0 Å². The van der Waals surface area contributed by atoms with Crippen LogP contribution in [0.1, 0.15) is 71.4 Å². The van der Waals surface area contributed by atoms with E-state index in [2.05, 4.69) is 0 Å². The topological polar surface area (TPSA) is 74.6 Å². The third kappa shape index (κ3) is 3.83. The third-order valence-corrected chi connectivity index (χ3v) is 3.42.